The van der Waals surface area contributed by atoms with Crippen molar-refractivity contribution in [3.63, 3.8) is 0 Å². The van der Waals surface area contributed by atoms with Gasteiger partial charge in [0, 0.05) is 49.3 Å². The minimum absolute atomic E-state index is 0.613. The first-order valence-corrected chi connectivity index (χ1v) is 19.5. The lowest BCUT2D eigenvalue weighted by Gasteiger charge is -2.12. The molecule has 58 heavy (non-hydrogen) atoms. The molecule has 0 saturated heterocycles. The standard InChI is InChI=1S/C53H32N4O/c1-2-11-36(12-3-1)51-54-52(56-53(55-51)40-25-29-49-46(31-40)43-16-8-9-17-48(43)58-49)37-20-18-33(19-21-37)34-22-26-41(27-23-34)57-47-32-39-14-5-4-13-38(39)30-45(47)44-28-24-35-10-6-7-15-42(35)50(44)57/h1-32H. The predicted molar refractivity (Wildman–Crippen MR) is 238 cm³/mol. The van der Waals surface area contributed by atoms with Crippen LogP contribution in [0.3, 0.4) is 0 Å². The molecule has 3 heterocycles. The van der Waals surface area contributed by atoms with Gasteiger partial charge < -0.3 is 8.98 Å². The van der Waals surface area contributed by atoms with Crippen LogP contribution in [0, 0.1) is 0 Å². The van der Waals surface area contributed by atoms with Crippen molar-refractivity contribution in [1.82, 2.24) is 19.5 Å². The van der Waals surface area contributed by atoms with E-state index in [2.05, 4.69) is 138 Å². The quantitative estimate of drug-likeness (QED) is 0.176. The highest BCUT2D eigenvalue weighted by Gasteiger charge is 2.18. The third-order valence-corrected chi connectivity index (χ3v) is 11.4. The molecule has 0 unspecified atom stereocenters. The molecule has 12 aromatic rings. The van der Waals surface area contributed by atoms with Gasteiger partial charge in [-0.1, -0.05) is 146 Å². The molecule has 0 aliphatic carbocycles. The Kier molecular flexibility index (Phi) is 7.16. The molecule has 0 spiro atoms. The molecule has 0 atom stereocenters. The van der Waals surface area contributed by atoms with Crippen LogP contribution in [-0.2, 0) is 0 Å². The third kappa shape index (κ3) is 5.21. The molecule has 9 aromatic carbocycles. The lowest BCUT2D eigenvalue weighted by molar-refractivity contribution is 0.669. The summed E-state index contributed by atoms with van der Waals surface area (Å²) in [6.07, 6.45) is 0. The Morgan fingerprint density at radius 1 is 0.328 bits per heavy atom. The molecule has 0 fully saturated rings. The van der Waals surface area contributed by atoms with Crippen molar-refractivity contribution in [2.24, 2.45) is 0 Å². The lowest BCUT2D eigenvalue weighted by atomic mass is 10.0. The topological polar surface area (TPSA) is 56.7 Å². The van der Waals surface area contributed by atoms with Crippen LogP contribution in [0.25, 0.3) is 116 Å². The monoisotopic (exact) mass is 740 g/mol. The molecule has 0 bridgehead atoms. The number of rotatable bonds is 5. The molecule has 12 rings (SSSR count). The Bertz CT molecular complexity index is 3550. The Hall–Kier alpha value is -7.89. The molecule has 5 heteroatoms. The highest BCUT2D eigenvalue weighted by Crippen LogP contribution is 2.39. The zero-order valence-corrected chi connectivity index (χ0v) is 31.2. The normalized spacial score (nSPS) is 11.8. The number of hydrogen-bond acceptors (Lipinski definition) is 4. The van der Waals surface area contributed by atoms with Crippen molar-refractivity contribution < 1.29 is 4.42 Å². The van der Waals surface area contributed by atoms with Crippen LogP contribution in [-0.4, -0.2) is 19.5 Å². The van der Waals surface area contributed by atoms with E-state index in [0.717, 1.165) is 55.4 Å². The van der Waals surface area contributed by atoms with Crippen molar-refractivity contribution in [2.45, 2.75) is 0 Å². The Labute approximate surface area is 333 Å². The second-order valence-corrected chi connectivity index (χ2v) is 14.8. The number of nitrogens with zero attached hydrogens (tertiary/aromatic N) is 4. The van der Waals surface area contributed by atoms with E-state index >= 15 is 0 Å². The van der Waals surface area contributed by atoms with Crippen molar-refractivity contribution in [3.8, 4) is 51.0 Å². The summed E-state index contributed by atoms with van der Waals surface area (Å²) in [5, 5.41) is 9.56. The molecule has 3 aromatic heterocycles. The summed E-state index contributed by atoms with van der Waals surface area (Å²) in [4.78, 5) is 15.0. The fraction of sp³-hybridized carbons (Fsp3) is 0. The van der Waals surface area contributed by atoms with Crippen LogP contribution < -0.4 is 0 Å². The van der Waals surface area contributed by atoms with Gasteiger partial charge >= 0.3 is 0 Å². The van der Waals surface area contributed by atoms with Crippen LogP contribution >= 0.6 is 0 Å². The Morgan fingerprint density at radius 2 is 0.879 bits per heavy atom. The van der Waals surface area contributed by atoms with Crippen LogP contribution in [0.4, 0.5) is 0 Å². The van der Waals surface area contributed by atoms with Gasteiger partial charge in [0.05, 0.1) is 11.0 Å². The summed E-state index contributed by atoms with van der Waals surface area (Å²) in [5.74, 6) is 1.86. The van der Waals surface area contributed by atoms with Crippen LogP contribution in [0.5, 0.6) is 0 Å². The highest BCUT2D eigenvalue weighted by molar-refractivity contribution is 6.20. The van der Waals surface area contributed by atoms with Gasteiger partial charge in [0.25, 0.3) is 0 Å². The summed E-state index contributed by atoms with van der Waals surface area (Å²) in [7, 11) is 0. The highest BCUT2D eigenvalue weighted by atomic mass is 16.3. The maximum atomic E-state index is 6.11. The second kappa shape index (κ2) is 12.8. The van der Waals surface area contributed by atoms with E-state index in [0.29, 0.717) is 17.5 Å². The summed E-state index contributed by atoms with van der Waals surface area (Å²) < 4.78 is 8.54. The summed E-state index contributed by atoms with van der Waals surface area (Å²) in [5.41, 5.74) is 10.3. The van der Waals surface area contributed by atoms with Gasteiger partial charge in [-0.15, -0.1) is 0 Å². The first-order chi connectivity index (χ1) is 28.7. The first kappa shape index (κ1) is 32.4. The minimum atomic E-state index is 0.613. The Morgan fingerprint density at radius 3 is 1.64 bits per heavy atom. The zero-order chi connectivity index (χ0) is 38.2. The molecule has 0 aliphatic heterocycles. The number of aromatic nitrogens is 4. The second-order valence-electron chi connectivity index (χ2n) is 14.8. The van der Waals surface area contributed by atoms with Gasteiger partial charge in [-0.05, 0) is 75.8 Å². The number of furan rings is 1. The zero-order valence-electron chi connectivity index (χ0n) is 31.2. The average Bonchev–Trinajstić information content (AvgIpc) is 3.83. The predicted octanol–water partition coefficient (Wildman–Crippen LogP) is 13.8. The van der Waals surface area contributed by atoms with Crippen molar-refractivity contribution in [3.05, 3.63) is 194 Å². The van der Waals surface area contributed by atoms with E-state index < -0.39 is 0 Å². The van der Waals surface area contributed by atoms with Crippen LogP contribution in [0.1, 0.15) is 0 Å². The fourth-order valence-corrected chi connectivity index (χ4v) is 8.56. The number of fused-ring (bicyclic) bond motifs is 9. The van der Waals surface area contributed by atoms with E-state index in [4.69, 9.17) is 19.4 Å². The first-order valence-electron chi connectivity index (χ1n) is 19.5. The van der Waals surface area contributed by atoms with Crippen molar-refractivity contribution in [2.75, 3.05) is 0 Å². The number of benzene rings is 9. The van der Waals surface area contributed by atoms with Crippen LogP contribution in [0.15, 0.2) is 199 Å². The van der Waals surface area contributed by atoms with Gasteiger partial charge in [-0.2, -0.15) is 0 Å². The van der Waals surface area contributed by atoms with E-state index in [9.17, 15) is 0 Å². The average molecular weight is 741 g/mol. The van der Waals surface area contributed by atoms with Gasteiger partial charge in [0.2, 0.25) is 0 Å². The SMILES string of the molecule is c1ccc(-c2nc(-c3ccc(-c4ccc(-n5c6cc7ccccc7cc6c6ccc7ccccc7c65)cc4)cc3)nc(-c3ccc4oc5ccccc5c4c3)n2)cc1. The molecule has 0 aliphatic rings. The summed E-state index contributed by atoms with van der Waals surface area (Å²) >= 11 is 0. The fourth-order valence-electron chi connectivity index (χ4n) is 8.56. The third-order valence-electron chi connectivity index (χ3n) is 11.4. The summed E-state index contributed by atoms with van der Waals surface area (Å²) in [6.45, 7) is 0. The van der Waals surface area contributed by atoms with Gasteiger partial charge in [-0.25, -0.2) is 15.0 Å². The van der Waals surface area contributed by atoms with Gasteiger partial charge in [-0.3, -0.25) is 0 Å². The maximum Gasteiger partial charge on any atom is 0.164 e. The van der Waals surface area contributed by atoms with Crippen molar-refractivity contribution in [1.29, 1.82) is 0 Å². The van der Waals surface area contributed by atoms with Crippen LogP contribution in [0.2, 0.25) is 0 Å². The molecular weight excluding hydrogens is 709 g/mol. The Balaban J connectivity index is 0.936. The van der Waals surface area contributed by atoms with Gasteiger partial charge in [0.1, 0.15) is 11.2 Å². The van der Waals surface area contributed by atoms with E-state index in [1.807, 2.05) is 60.7 Å². The van der Waals surface area contributed by atoms with Crippen molar-refractivity contribution >= 4 is 65.3 Å². The van der Waals surface area contributed by atoms with E-state index in [1.54, 1.807) is 0 Å². The molecular formula is C53H32N4O. The molecule has 0 saturated carbocycles. The smallest absolute Gasteiger partial charge is 0.164 e. The van der Waals surface area contributed by atoms with Gasteiger partial charge in [0.15, 0.2) is 17.5 Å². The molecule has 270 valence electrons. The van der Waals surface area contributed by atoms with E-state index in [-0.39, 0.29) is 0 Å². The largest absolute Gasteiger partial charge is 0.456 e. The molecule has 0 N–H and O–H groups in total. The maximum absolute atomic E-state index is 6.11. The number of para-hydroxylation sites is 1. The molecule has 0 radical (unpaired) electrons. The lowest BCUT2D eigenvalue weighted by Crippen LogP contribution is -2.00. The van der Waals surface area contributed by atoms with E-state index in [1.165, 1.54) is 43.4 Å². The minimum Gasteiger partial charge on any atom is -0.456 e. The molecule has 5 nitrogen and oxygen atoms in total. The molecule has 0 amide bonds. The summed E-state index contributed by atoms with van der Waals surface area (Å²) in [6, 6.07) is 68.3. The number of hydrogen-bond donors (Lipinski definition) is 0.